The fourth-order valence-corrected chi connectivity index (χ4v) is 4.69. The first kappa shape index (κ1) is 28.1. The minimum atomic E-state index is -0.704. The summed E-state index contributed by atoms with van der Waals surface area (Å²) in [5.74, 6) is 0.777. The number of phenols is 1. The molecule has 0 spiro atoms. The fourth-order valence-electron chi connectivity index (χ4n) is 4.16. The molecule has 1 aromatic heterocycles. The molecule has 9 heteroatoms. The fraction of sp³-hybridized carbons (Fsp3) is 0.200. The molecule has 0 unspecified atom stereocenters. The van der Waals surface area contributed by atoms with E-state index in [1.54, 1.807) is 63.0 Å². The van der Waals surface area contributed by atoms with E-state index in [4.69, 9.17) is 37.4 Å². The van der Waals surface area contributed by atoms with Crippen LogP contribution < -0.4 is 19.8 Å². The quantitative estimate of drug-likeness (QED) is 0.210. The third-order valence-electron chi connectivity index (χ3n) is 6.16. The molecule has 4 aromatic rings. The Morgan fingerprint density at radius 2 is 1.64 bits per heavy atom. The van der Waals surface area contributed by atoms with Gasteiger partial charge in [-0.1, -0.05) is 41.4 Å². The Morgan fingerprint density at radius 1 is 0.949 bits per heavy atom. The number of nitrogens with one attached hydrogen (secondary N) is 2. The number of anilines is 1. The summed E-state index contributed by atoms with van der Waals surface area (Å²) in [6.07, 6.45) is 2.80. The van der Waals surface area contributed by atoms with E-state index in [2.05, 4.69) is 10.3 Å². The number of methoxy groups -OCH3 is 2. The van der Waals surface area contributed by atoms with Crippen LogP contribution in [0.2, 0.25) is 10.0 Å². The van der Waals surface area contributed by atoms with Crippen LogP contribution in [0, 0.1) is 6.92 Å². The molecule has 3 aromatic carbocycles. The largest absolute Gasteiger partial charge is 0.508 e. The number of benzene rings is 3. The highest BCUT2D eigenvalue weighted by Gasteiger charge is 2.24. The van der Waals surface area contributed by atoms with Crippen molar-refractivity contribution in [2.24, 2.45) is 0 Å². The zero-order chi connectivity index (χ0) is 27.9. The Morgan fingerprint density at radius 3 is 2.28 bits per heavy atom. The van der Waals surface area contributed by atoms with Crippen molar-refractivity contribution in [3.63, 3.8) is 0 Å². The molecular formula is C30H29Cl2N2O5+. The molecule has 0 aliphatic rings. The molecular weight excluding hydrogens is 539 g/mol. The molecule has 0 bridgehead atoms. The van der Waals surface area contributed by atoms with Crippen LogP contribution in [-0.4, -0.2) is 25.3 Å². The van der Waals surface area contributed by atoms with Gasteiger partial charge < -0.3 is 24.6 Å². The van der Waals surface area contributed by atoms with Gasteiger partial charge in [0.15, 0.2) is 23.9 Å². The van der Waals surface area contributed by atoms with Gasteiger partial charge in [-0.15, -0.1) is 0 Å². The number of H-pyrrole nitrogens is 1. The highest BCUT2D eigenvalue weighted by Crippen LogP contribution is 2.35. The van der Waals surface area contributed by atoms with E-state index in [-0.39, 0.29) is 12.2 Å². The Hall–Kier alpha value is -3.94. The topological polar surface area (TPSA) is 91.2 Å². The standard InChI is InChI=1S/C30H28Cl2N2O5/c1-18-10-22(13-23(35)11-18)34-15-19-4-6-20(7-5-19)30(36)39-28(14-24-25(31)16-33-17-26(24)32)21-8-9-27(37-2)29(12-21)38-3/h4-13,16-17,28,34-35H,14-15H2,1-3H3/p+1/t28-/m0/s1. The van der Waals surface area contributed by atoms with Gasteiger partial charge in [-0.05, 0) is 60.0 Å². The number of hydrogen-bond acceptors (Lipinski definition) is 6. The number of carbonyl (C=O) groups is 1. The smallest absolute Gasteiger partial charge is 0.338 e. The van der Waals surface area contributed by atoms with Crippen LogP contribution >= 0.6 is 23.2 Å². The number of aryl methyl sites for hydroxylation is 1. The molecule has 1 heterocycles. The van der Waals surface area contributed by atoms with Gasteiger partial charge in [-0.3, -0.25) is 0 Å². The number of aromatic hydroxyl groups is 1. The Labute approximate surface area is 237 Å². The number of hydrogen-bond donors (Lipinski definition) is 2. The predicted molar refractivity (Wildman–Crippen MR) is 151 cm³/mol. The lowest BCUT2D eigenvalue weighted by Crippen LogP contribution is -2.16. The molecule has 0 fully saturated rings. The van der Waals surface area contributed by atoms with Gasteiger partial charge in [0.1, 0.15) is 21.9 Å². The van der Waals surface area contributed by atoms with E-state index >= 15 is 0 Å². The van der Waals surface area contributed by atoms with Gasteiger partial charge >= 0.3 is 5.97 Å². The average molecular weight is 568 g/mol. The van der Waals surface area contributed by atoms with E-state index in [0.29, 0.717) is 44.8 Å². The highest BCUT2D eigenvalue weighted by atomic mass is 35.5. The van der Waals surface area contributed by atoms with Crippen molar-refractivity contribution in [2.45, 2.75) is 26.0 Å². The summed E-state index contributed by atoms with van der Waals surface area (Å²) in [6.45, 7) is 2.44. The maximum Gasteiger partial charge on any atom is 0.338 e. The van der Waals surface area contributed by atoms with Crippen molar-refractivity contribution in [2.75, 3.05) is 19.5 Å². The third-order valence-corrected chi connectivity index (χ3v) is 6.84. The zero-order valence-corrected chi connectivity index (χ0v) is 23.3. The first-order valence-corrected chi connectivity index (χ1v) is 12.9. The summed E-state index contributed by atoms with van der Waals surface area (Å²) < 4.78 is 16.8. The first-order chi connectivity index (χ1) is 18.8. The minimum Gasteiger partial charge on any atom is -0.508 e. The lowest BCUT2D eigenvalue weighted by Gasteiger charge is -2.20. The monoisotopic (exact) mass is 567 g/mol. The van der Waals surface area contributed by atoms with Crippen LogP contribution in [0.5, 0.6) is 17.2 Å². The molecule has 202 valence electrons. The molecule has 0 aliphatic carbocycles. The van der Waals surface area contributed by atoms with Crippen LogP contribution in [0.15, 0.2) is 73.1 Å². The number of phenolic OH excluding ortho intramolecular Hbond substituents is 1. The van der Waals surface area contributed by atoms with Crippen LogP contribution in [0.4, 0.5) is 5.69 Å². The Kier molecular flexibility index (Phi) is 9.17. The number of aromatic amines is 1. The van der Waals surface area contributed by atoms with Crippen molar-refractivity contribution in [1.29, 1.82) is 0 Å². The number of pyridine rings is 1. The van der Waals surface area contributed by atoms with Crippen molar-refractivity contribution in [3.8, 4) is 17.2 Å². The van der Waals surface area contributed by atoms with Crippen LogP contribution in [0.1, 0.15) is 38.7 Å². The number of aromatic nitrogens is 1. The van der Waals surface area contributed by atoms with Crippen molar-refractivity contribution >= 4 is 34.9 Å². The van der Waals surface area contributed by atoms with E-state index in [1.807, 2.05) is 31.2 Å². The molecule has 7 nitrogen and oxygen atoms in total. The number of esters is 1. The Balaban J connectivity index is 1.53. The summed E-state index contributed by atoms with van der Waals surface area (Å²) in [7, 11) is 3.10. The predicted octanol–water partition coefficient (Wildman–Crippen LogP) is 6.59. The summed E-state index contributed by atoms with van der Waals surface area (Å²) in [5, 5.41) is 13.9. The number of carbonyl (C=O) groups excluding carboxylic acids is 1. The second-order valence-corrected chi connectivity index (χ2v) is 9.76. The summed E-state index contributed by atoms with van der Waals surface area (Å²) in [6, 6.07) is 17.8. The summed E-state index contributed by atoms with van der Waals surface area (Å²) in [4.78, 5) is 16.1. The van der Waals surface area contributed by atoms with Crippen LogP contribution in [0.25, 0.3) is 0 Å². The molecule has 0 amide bonds. The molecule has 0 radical (unpaired) electrons. The van der Waals surface area contributed by atoms with E-state index in [9.17, 15) is 9.90 Å². The molecule has 0 aliphatic heterocycles. The molecule has 1 atom stereocenters. The summed E-state index contributed by atoms with van der Waals surface area (Å²) in [5.41, 5.74) is 4.47. The second kappa shape index (κ2) is 12.7. The third kappa shape index (κ3) is 7.13. The molecule has 4 rings (SSSR count). The van der Waals surface area contributed by atoms with Gasteiger partial charge in [-0.25, -0.2) is 9.78 Å². The van der Waals surface area contributed by atoms with Crippen molar-refractivity contribution < 1.29 is 29.1 Å². The van der Waals surface area contributed by atoms with Gasteiger partial charge in [0, 0.05) is 30.3 Å². The van der Waals surface area contributed by atoms with Gasteiger partial charge in [-0.2, -0.15) is 0 Å². The van der Waals surface area contributed by atoms with Crippen LogP contribution in [-0.2, 0) is 17.7 Å². The Bertz CT molecular complexity index is 1420. The van der Waals surface area contributed by atoms with Crippen molar-refractivity contribution in [1.82, 2.24) is 0 Å². The molecule has 3 N–H and O–H groups in total. The lowest BCUT2D eigenvalue weighted by molar-refractivity contribution is -0.377. The maximum atomic E-state index is 13.2. The second-order valence-electron chi connectivity index (χ2n) is 8.95. The average Bonchev–Trinajstić information content (AvgIpc) is 2.92. The summed E-state index contributed by atoms with van der Waals surface area (Å²) >= 11 is 12.8. The number of ether oxygens (including phenoxy) is 3. The minimum absolute atomic E-state index is 0.204. The van der Waals surface area contributed by atoms with Crippen LogP contribution in [0.3, 0.4) is 0 Å². The number of halogens is 2. The normalized spacial score (nSPS) is 11.5. The van der Waals surface area contributed by atoms with E-state index in [1.165, 1.54) is 0 Å². The van der Waals surface area contributed by atoms with Gasteiger partial charge in [0.2, 0.25) is 0 Å². The molecule has 0 saturated heterocycles. The molecule has 0 saturated carbocycles. The zero-order valence-electron chi connectivity index (χ0n) is 21.8. The number of rotatable bonds is 10. The van der Waals surface area contributed by atoms with Gasteiger partial charge in [0.25, 0.3) is 0 Å². The van der Waals surface area contributed by atoms with Crippen molar-refractivity contribution in [3.05, 3.63) is 111 Å². The SMILES string of the molecule is COc1ccc([C@H](Cc2c(Cl)c[nH+]cc2Cl)OC(=O)c2ccc(CNc3cc(C)cc(O)c3)cc2)cc1OC. The lowest BCUT2D eigenvalue weighted by atomic mass is 10.0. The maximum absolute atomic E-state index is 13.2. The van der Waals surface area contributed by atoms with Gasteiger partial charge in [0.05, 0.1) is 19.8 Å². The van der Waals surface area contributed by atoms with E-state index in [0.717, 1.165) is 16.8 Å². The highest BCUT2D eigenvalue weighted by molar-refractivity contribution is 6.35. The first-order valence-electron chi connectivity index (χ1n) is 12.2. The molecule has 39 heavy (non-hydrogen) atoms. The van der Waals surface area contributed by atoms with E-state index < -0.39 is 12.1 Å².